The standard InChI is InChI=1S/C27H34FN3O3/c28-23-8-10-24(11-9-23)31-21-27(34-26(31)32)12-5-16-30(17-13-27)20-22-6-1-2-7-25(22)33-19-18-29-14-3-4-15-29/h1-2,6-11H,3-5,12-21H2. The lowest BCUT2D eigenvalue weighted by Crippen LogP contribution is -2.36. The smallest absolute Gasteiger partial charge is 0.415 e. The summed E-state index contributed by atoms with van der Waals surface area (Å²) in [6, 6.07) is 14.4. The van der Waals surface area contributed by atoms with E-state index in [1.165, 1.54) is 43.6 Å². The highest BCUT2D eigenvalue weighted by Crippen LogP contribution is 2.36. The fourth-order valence-electron chi connectivity index (χ4n) is 5.39. The van der Waals surface area contributed by atoms with Crippen molar-refractivity contribution in [2.24, 2.45) is 0 Å². The third-order valence-electron chi connectivity index (χ3n) is 7.33. The van der Waals surface area contributed by atoms with Gasteiger partial charge in [0.25, 0.3) is 0 Å². The number of benzene rings is 2. The molecule has 3 heterocycles. The van der Waals surface area contributed by atoms with Crippen LogP contribution in [0.15, 0.2) is 48.5 Å². The van der Waals surface area contributed by atoms with Gasteiger partial charge in [0.1, 0.15) is 23.8 Å². The zero-order valence-corrected chi connectivity index (χ0v) is 19.8. The Morgan fingerprint density at radius 2 is 1.68 bits per heavy atom. The first-order valence-electron chi connectivity index (χ1n) is 12.5. The minimum atomic E-state index is -0.480. The van der Waals surface area contributed by atoms with Crippen molar-refractivity contribution in [2.75, 3.05) is 50.8 Å². The third kappa shape index (κ3) is 5.36. The van der Waals surface area contributed by atoms with Crippen molar-refractivity contribution < 1.29 is 18.7 Å². The van der Waals surface area contributed by atoms with Crippen LogP contribution in [0, 0.1) is 5.82 Å². The molecule has 0 N–H and O–H groups in total. The number of carbonyl (C=O) groups excluding carboxylic acids is 1. The van der Waals surface area contributed by atoms with Crippen molar-refractivity contribution in [3.05, 3.63) is 59.9 Å². The number of likely N-dealkylation sites (tertiary alicyclic amines) is 2. The number of nitrogens with zero attached hydrogens (tertiary/aromatic N) is 3. The van der Waals surface area contributed by atoms with Crippen molar-refractivity contribution >= 4 is 11.8 Å². The molecule has 1 atom stereocenters. The van der Waals surface area contributed by atoms with Gasteiger partial charge in [-0.3, -0.25) is 14.7 Å². The second kappa shape index (κ2) is 10.3. The molecule has 0 saturated carbocycles. The first kappa shape index (κ1) is 23.1. The van der Waals surface area contributed by atoms with E-state index in [1.54, 1.807) is 17.0 Å². The molecule has 0 aliphatic carbocycles. The van der Waals surface area contributed by atoms with E-state index >= 15 is 0 Å². The Hall–Kier alpha value is -2.64. The predicted molar refractivity (Wildman–Crippen MR) is 130 cm³/mol. The molecule has 34 heavy (non-hydrogen) atoms. The van der Waals surface area contributed by atoms with Crippen molar-refractivity contribution in [2.45, 2.75) is 44.2 Å². The number of anilines is 1. The van der Waals surface area contributed by atoms with Gasteiger partial charge in [0.2, 0.25) is 0 Å². The van der Waals surface area contributed by atoms with Crippen LogP contribution in [0.4, 0.5) is 14.9 Å². The molecule has 2 aromatic rings. The lowest BCUT2D eigenvalue weighted by molar-refractivity contribution is 0.0443. The molecule has 3 aliphatic rings. The third-order valence-corrected chi connectivity index (χ3v) is 7.33. The SMILES string of the molecule is O=C1OC2(CCCN(Cc3ccccc3OCCN3CCCC3)CC2)CN1c1ccc(F)cc1. The Kier molecular flexibility index (Phi) is 7.02. The summed E-state index contributed by atoms with van der Waals surface area (Å²) >= 11 is 0. The molecule has 3 fully saturated rings. The first-order chi connectivity index (χ1) is 16.6. The molecule has 182 valence electrons. The van der Waals surface area contributed by atoms with Gasteiger partial charge in [0, 0.05) is 37.3 Å². The van der Waals surface area contributed by atoms with Crippen LogP contribution in [-0.4, -0.2) is 67.4 Å². The summed E-state index contributed by atoms with van der Waals surface area (Å²) in [7, 11) is 0. The maximum atomic E-state index is 13.3. The van der Waals surface area contributed by atoms with Gasteiger partial charge in [-0.1, -0.05) is 18.2 Å². The highest BCUT2D eigenvalue weighted by atomic mass is 19.1. The van der Waals surface area contributed by atoms with E-state index in [-0.39, 0.29) is 11.9 Å². The Bertz CT molecular complexity index is 979. The van der Waals surface area contributed by atoms with Crippen molar-refractivity contribution in [3.63, 3.8) is 0 Å². The Morgan fingerprint density at radius 1 is 0.912 bits per heavy atom. The topological polar surface area (TPSA) is 45.2 Å². The molecule has 5 rings (SSSR count). The van der Waals surface area contributed by atoms with Crippen LogP contribution in [0.2, 0.25) is 0 Å². The lowest BCUT2D eigenvalue weighted by Gasteiger charge is -2.26. The molecule has 3 saturated heterocycles. The number of hydrogen-bond acceptors (Lipinski definition) is 5. The summed E-state index contributed by atoms with van der Waals surface area (Å²) in [4.78, 5) is 19.2. The molecule has 3 aliphatic heterocycles. The summed E-state index contributed by atoms with van der Waals surface area (Å²) in [5, 5.41) is 0. The summed E-state index contributed by atoms with van der Waals surface area (Å²) < 4.78 is 25.4. The molecule has 0 aromatic heterocycles. The molecule has 1 spiro atoms. The van der Waals surface area contributed by atoms with Crippen molar-refractivity contribution in [1.82, 2.24) is 9.80 Å². The average Bonchev–Trinajstić information content (AvgIpc) is 3.42. The summed E-state index contributed by atoms with van der Waals surface area (Å²) in [6.07, 6.45) is 4.84. The number of ether oxygens (including phenoxy) is 2. The lowest BCUT2D eigenvalue weighted by atomic mass is 9.95. The van der Waals surface area contributed by atoms with Crippen LogP contribution in [0.25, 0.3) is 0 Å². The van der Waals surface area contributed by atoms with Gasteiger partial charge in [-0.05, 0) is 75.6 Å². The Morgan fingerprint density at radius 3 is 2.50 bits per heavy atom. The van der Waals surface area contributed by atoms with Crippen LogP contribution in [-0.2, 0) is 11.3 Å². The van der Waals surface area contributed by atoms with E-state index < -0.39 is 5.60 Å². The average molecular weight is 468 g/mol. The summed E-state index contributed by atoms with van der Waals surface area (Å²) in [5.41, 5.74) is 1.41. The maximum Gasteiger partial charge on any atom is 0.415 e. The minimum Gasteiger partial charge on any atom is -0.492 e. The van der Waals surface area contributed by atoms with E-state index in [4.69, 9.17) is 9.47 Å². The molecule has 6 nitrogen and oxygen atoms in total. The van der Waals surface area contributed by atoms with E-state index in [2.05, 4.69) is 28.0 Å². The number of hydrogen-bond donors (Lipinski definition) is 0. The molecule has 0 radical (unpaired) electrons. The Balaban J connectivity index is 1.18. The first-order valence-corrected chi connectivity index (χ1v) is 12.5. The van der Waals surface area contributed by atoms with Crippen LogP contribution in [0.5, 0.6) is 5.75 Å². The predicted octanol–water partition coefficient (Wildman–Crippen LogP) is 4.68. The van der Waals surface area contributed by atoms with Gasteiger partial charge in [0.05, 0.1) is 6.54 Å². The number of rotatable bonds is 7. The zero-order valence-electron chi connectivity index (χ0n) is 19.8. The molecule has 1 unspecified atom stereocenters. The normalized spacial score (nSPS) is 23.9. The van der Waals surface area contributed by atoms with Gasteiger partial charge < -0.3 is 9.47 Å². The van der Waals surface area contributed by atoms with Crippen molar-refractivity contribution in [1.29, 1.82) is 0 Å². The van der Waals surface area contributed by atoms with E-state index in [1.807, 2.05) is 6.07 Å². The van der Waals surface area contributed by atoms with Gasteiger partial charge in [-0.15, -0.1) is 0 Å². The monoisotopic (exact) mass is 467 g/mol. The summed E-state index contributed by atoms with van der Waals surface area (Å²) in [6.45, 7) is 7.22. The minimum absolute atomic E-state index is 0.309. The summed E-state index contributed by atoms with van der Waals surface area (Å²) in [5.74, 6) is 0.659. The second-order valence-corrected chi connectivity index (χ2v) is 9.75. The molecule has 0 bridgehead atoms. The van der Waals surface area contributed by atoms with E-state index in [0.717, 1.165) is 57.8 Å². The maximum absolute atomic E-state index is 13.3. The highest BCUT2D eigenvalue weighted by Gasteiger charge is 2.46. The van der Waals surface area contributed by atoms with Crippen LogP contribution < -0.4 is 9.64 Å². The largest absolute Gasteiger partial charge is 0.492 e. The Labute approximate surface area is 201 Å². The van der Waals surface area contributed by atoms with Gasteiger partial charge in [-0.25, -0.2) is 9.18 Å². The van der Waals surface area contributed by atoms with Crippen LogP contribution in [0.3, 0.4) is 0 Å². The zero-order chi connectivity index (χ0) is 23.4. The number of amides is 1. The van der Waals surface area contributed by atoms with E-state index in [0.29, 0.717) is 12.2 Å². The van der Waals surface area contributed by atoms with Gasteiger partial charge >= 0.3 is 6.09 Å². The number of halogens is 1. The molecule has 2 aromatic carbocycles. The molecule has 1 amide bonds. The van der Waals surface area contributed by atoms with Gasteiger partial charge in [-0.2, -0.15) is 0 Å². The molecular weight excluding hydrogens is 433 g/mol. The molecular formula is C27H34FN3O3. The number of para-hydroxylation sites is 1. The quantitative estimate of drug-likeness (QED) is 0.592. The van der Waals surface area contributed by atoms with Crippen LogP contribution >= 0.6 is 0 Å². The van der Waals surface area contributed by atoms with E-state index in [9.17, 15) is 9.18 Å². The fourth-order valence-corrected chi connectivity index (χ4v) is 5.39. The second-order valence-electron chi connectivity index (χ2n) is 9.75. The van der Waals surface area contributed by atoms with Crippen molar-refractivity contribution in [3.8, 4) is 5.75 Å². The highest BCUT2D eigenvalue weighted by molar-refractivity contribution is 5.90. The molecule has 7 heteroatoms. The van der Waals surface area contributed by atoms with Crippen LogP contribution in [0.1, 0.15) is 37.7 Å². The fraction of sp³-hybridized carbons (Fsp3) is 0.519. The van der Waals surface area contributed by atoms with Gasteiger partial charge in [0.15, 0.2) is 0 Å². The number of carbonyl (C=O) groups is 1.